The average Bonchev–Trinajstić information content (AvgIpc) is 3.14. The fraction of sp³-hybridized carbons (Fsp3) is 0.800. The molecule has 16 heteroatoms. The summed E-state index contributed by atoms with van der Waals surface area (Å²) in [6.45, 7) is 0.546. The van der Waals surface area contributed by atoms with Gasteiger partial charge in [0.1, 0.15) is 12.2 Å². The lowest BCUT2D eigenvalue weighted by Crippen LogP contribution is -2.46. The van der Waals surface area contributed by atoms with Gasteiger partial charge in [0.25, 0.3) is 5.56 Å². The second-order valence-corrected chi connectivity index (χ2v) is 10.1. The molecule has 3 aliphatic heterocycles. The van der Waals surface area contributed by atoms with E-state index in [-0.39, 0.29) is 6.61 Å². The standard InChI is InChI=1S/C20H27F3N2O10S/c21-20(22,23)36(28,29)35-17-16(34-15-6-2-4-10-31-15)12(11-32-14-5-1-3-9-30-14)33-18(17)25-8-7-13(26)24-19(25)27/h7-8,12,14-18H,1-6,9-11H2,(H,24,26,27). The van der Waals surface area contributed by atoms with Crippen molar-refractivity contribution in [3.8, 4) is 0 Å². The van der Waals surface area contributed by atoms with Gasteiger partial charge < -0.3 is 23.7 Å². The van der Waals surface area contributed by atoms with E-state index < -0.39 is 64.0 Å². The minimum absolute atomic E-state index is 0.261. The lowest BCUT2D eigenvalue weighted by molar-refractivity contribution is -0.222. The smallest absolute Gasteiger partial charge is 0.353 e. The van der Waals surface area contributed by atoms with Gasteiger partial charge in [-0.05, 0) is 38.5 Å². The topological polar surface area (TPSA) is 144 Å². The van der Waals surface area contributed by atoms with Crippen molar-refractivity contribution < 1.29 is 49.5 Å². The maximum Gasteiger partial charge on any atom is 0.523 e. The van der Waals surface area contributed by atoms with Gasteiger partial charge in [0, 0.05) is 25.5 Å². The van der Waals surface area contributed by atoms with Crippen LogP contribution in [0.4, 0.5) is 13.2 Å². The molecular weight excluding hydrogens is 517 g/mol. The number of ether oxygens (including phenoxy) is 5. The Bertz CT molecular complexity index is 1100. The van der Waals surface area contributed by atoms with Crippen LogP contribution in [-0.2, 0) is 38.0 Å². The van der Waals surface area contributed by atoms with Gasteiger partial charge in [-0.15, -0.1) is 0 Å². The summed E-state index contributed by atoms with van der Waals surface area (Å²) in [5.74, 6) is 0. The van der Waals surface area contributed by atoms with Crippen LogP contribution >= 0.6 is 0 Å². The van der Waals surface area contributed by atoms with Gasteiger partial charge in [0.15, 0.2) is 24.9 Å². The van der Waals surface area contributed by atoms with Crippen LogP contribution in [0.1, 0.15) is 44.8 Å². The maximum atomic E-state index is 13.2. The number of aromatic amines is 1. The zero-order valence-electron chi connectivity index (χ0n) is 19.1. The summed E-state index contributed by atoms with van der Waals surface area (Å²) in [4.78, 5) is 25.9. The first-order chi connectivity index (χ1) is 17.0. The molecule has 0 radical (unpaired) electrons. The first-order valence-electron chi connectivity index (χ1n) is 11.5. The van der Waals surface area contributed by atoms with E-state index in [4.69, 9.17) is 23.7 Å². The van der Waals surface area contributed by atoms with Crippen molar-refractivity contribution in [3.05, 3.63) is 33.1 Å². The predicted molar refractivity (Wildman–Crippen MR) is 113 cm³/mol. The van der Waals surface area contributed by atoms with E-state index in [9.17, 15) is 31.2 Å². The van der Waals surface area contributed by atoms with Crippen LogP contribution in [-0.4, -0.2) is 74.2 Å². The molecule has 6 atom stereocenters. The van der Waals surface area contributed by atoms with E-state index in [2.05, 4.69) is 4.18 Å². The van der Waals surface area contributed by atoms with Crippen molar-refractivity contribution in [1.82, 2.24) is 9.55 Å². The van der Waals surface area contributed by atoms with Crippen molar-refractivity contribution >= 4 is 10.1 Å². The summed E-state index contributed by atoms with van der Waals surface area (Å²) in [7, 11) is -6.13. The Morgan fingerprint density at radius 3 is 2.28 bits per heavy atom. The highest BCUT2D eigenvalue weighted by Crippen LogP contribution is 2.38. The van der Waals surface area contributed by atoms with Gasteiger partial charge >= 0.3 is 21.3 Å². The van der Waals surface area contributed by atoms with Crippen LogP contribution in [0.15, 0.2) is 21.9 Å². The number of H-pyrrole nitrogens is 1. The second kappa shape index (κ2) is 11.3. The molecule has 6 unspecified atom stereocenters. The van der Waals surface area contributed by atoms with Crippen LogP contribution in [0.2, 0.25) is 0 Å². The first-order valence-corrected chi connectivity index (χ1v) is 12.9. The number of halogens is 3. The Balaban J connectivity index is 1.66. The third-order valence-corrected chi connectivity index (χ3v) is 7.01. The molecule has 1 aromatic heterocycles. The Kier molecular flexibility index (Phi) is 8.53. The Morgan fingerprint density at radius 1 is 1.03 bits per heavy atom. The van der Waals surface area contributed by atoms with Crippen LogP contribution in [0.25, 0.3) is 0 Å². The fourth-order valence-electron chi connectivity index (χ4n) is 4.20. The molecule has 0 saturated carbocycles. The van der Waals surface area contributed by atoms with Gasteiger partial charge in [-0.1, -0.05) is 0 Å². The van der Waals surface area contributed by atoms with E-state index in [0.29, 0.717) is 32.5 Å². The Hall–Kier alpha value is -1.82. The molecule has 0 bridgehead atoms. The molecule has 3 fully saturated rings. The molecular formula is C20H27F3N2O10S. The number of hydrogen-bond acceptors (Lipinski definition) is 10. The summed E-state index contributed by atoms with van der Waals surface area (Å²) < 4.78 is 97.5. The maximum absolute atomic E-state index is 13.2. The second-order valence-electron chi connectivity index (χ2n) is 8.57. The fourth-order valence-corrected chi connectivity index (χ4v) is 4.81. The Morgan fingerprint density at radius 2 is 1.69 bits per heavy atom. The molecule has 0 aromatic carbocycles. The van der Waals surface area contributed by atoms with Gasteiger partial charge in [0.2, 0.25) is 0 Å². The molecule has 36 heavy (non-hydrogen) atoms. The van der Waals surface area contributed by atoms with Crippen molar-refractivity contribution in [2.75, 3.05) is 19.8 Å². The minimum atomic E-state index is -6.13. The number of rotatable bonds is 8. The highest BCUT2D eigenvalue weighted by atomic mass is 32.2. The number of aromatic nitrogens is 2. The first kappa shape index (κ1) is 27.2. The van der Waals surface area contributed by atoms with E-state index in [0.717, 1.165) is 36.1 Å². The molecule has 1 N–H and O–H groups in total. The van der Waals surface area contributed by atoms with Gasteiger partial charge in [-0.3, -0.25) is 18.5 Å². The summed E-state index contributed by atoms with van der Waals surface area (Å²) >= 11 is 0. The molecule has 0 spiro atoms. The molecule has 204 valence electrons. The van der Waals surface area contributed by atoms with Gasteiger partial charge in [-0.25, -0.2) is 4.79 Å². The van der Waals surface area contributed by atoms with Crippen molar-refractivity contribution in [1.29, 1.82) is 0 Å². The molecule has 12 nitrogen and oxygen atoms in total. The average molecular weight is 545 g/mol. The van der Waals surface area contributed by atoms with Gasteiger partial charge in [0.05, 0.1) is 6.61 Å². The highest BCUT2D eigenvalue weighted by molar-refractivity contribution is 7.87. The van der Waals surface area contributed by atoms with Crippen molar-refractivity contribution in [2.45, 2.75) is 81.2 Å². The zero-order chi connectivity index (χ0) is 25.9. The predicted octanol–water partition coefficient (Wildman–Crippen LogP) is 1.12. The number of alkyl halides is 3. The van der Waals surface area contributed by atoms with Crippen LogP contribution in [0.3, 0.4) is 0 Å². The molecule has 0 amide bonds. The molecule has 1 aromatic rings. The molecule has 3 saturated heterocycles. The summed E-state index contributed by atoms with van der Waals surface area (Å²) in [6.07, 6.45) is -2.65. The third-order valence-electron chi connectivity index (χ3n) is 5.96. The number of nitrogens with one attached hydrogen (secondary N) is 1. The lowest BCUT2D eigenvalue weighted by atomic mass is 10.1. The monoisotopic (exact) mass is 544 g/mol. The largest absolute Gasteiger partial charge is 0.523 e. The third kappa shape index (κ3) is 6.35. The quantitative estimate of drug-likeness (QED) is 0.373. The van der Waals surface area contributed by atoms with E-state index in [1.807, 2.05) is 4.98 Å². The molecule has 4 rings (SSSR count). The van der Waals surface area contributed by atoms with Crippen molar-refractivity contribution in [2.24, 2.45) is 0 Å². The Labute approximate surface area is 203 Å². The van der Waals surface area contributed by atoms with Gasteiger partial charge in [-0.2, -0.15) is 21.6 Å². The highest BCUT2D eigenvalue weighted by Gasteiger charge is 2.56. The summed E-state index contributed by atoms with van der Waals surface area (Å²) in [6, 6.07) is 0.930. The number of nitrogens with zero attached hydrogens (tertiary/aromatic N) is 1. The molecule has 0 aliphatic carbocycles. The minimum Gasteiger partial charge on any atom is -0.353 e. The van der Waals surface area contributed by atoms with Crippen LogP contribution in [0.5, 0.6) is 0 Å². The summed E-state index contributed by atoms with van der Waals surface area (Å²) in [5, 5.41) is 0. The van der Waals surface area contributed by atoms with E-state index in [1.165, 1.54) is 0 Å². The van der Waals surface area contributed by atoms with Crippen LogP contribution < -0.4 is 11.2 Å². The zero-order valence-corrected chi connectivity index (χ0v) is 19.9. The van der Waals surface area contributed by atoms with E-state index in [1.54, 1.807) is 0 Å². The molecule has 4 heterocycles. The SMILES string of the molecule is O=c1ccn(C2OC(COC3CCCCO3)C(OC3CCCCO3)C2OS(=O)(=O)C(F)(F)F)c(=O)[nH]1. The van der Waals surface area contributed by atoms with Crippen molar-refractivity contribution in [3.63, 3.8) is 0 Å². The number of hydrogen-bond donors (Lipinski definition) is 1. The van der Waals surface area contributed by atoms with E-state index >= 15 is 0 Å². The van der Waals surface area contributed by atoms with Crippen LogP contribution in [0, 0.1) is 0 Å². The summed E-state index contributed by atoms with van der Waals surface area (Å²) in [5.41, 5.74) is -7.56. The lowest BCUT2D eigenvalue weighted by Gasteiger charge is -2.31. The molecule has 3 aliphatic rings. The normalized spacial score (nSPS) is 32.0.